The first kappa shape index (κ1) is 10.4. The fourth-order valence-corrected chi connectivity index (χ4v) is 3.15. The second-order valence-corrected chi connectivity index (χ2v) is 5.63. The number of fused-ring (bicyclic) bond motifs is 1. The van der Waals surface area contributed by atoms with Gasteiger partial charge in [-0.05, 0) is 36.4 Å². The molecule has 2 heteroatoms. The average Bonchev–Trinajstić information content (AvgIpc) is 2.73. The van der Waals surface area contributed by atoms with Gasteiger partial charge in [-0.1, -0.05) is 41.3 Å². The topological polar surface area (TPSA) is 4.93 Å². The van der Waals surface area contributed by atoms with E-state index in [1.54, 1.807) is 0 Å². The smallest absolute Gasteiger partial charge is 0.0494 e. The first-order chi connectivity index (χ1) is 7.84. The fraction of sp³-hybridized carbons (Fsp3) is 0.429. The Morgan fingerprint density at radius 1 is 1.06 bits per heavy atom. The summed E-state index contributed by atoms with van der Waals surface area (Å²) in [6, 6.07) is 9.51. The van der Waals surface area contributed by atoms with Crippen molar-refractivity contribution < 1.29 is 0 Å². The van der Waals surface area contributed by atoms with Crippen molar-refractivity contribution in [3.63, 3.8) is 0 Å². The van der Waals surface area contributed by atoms with Gasteiger partial charge >= 0.3 is 0 Å². The standard InChI is InChI=1S/C14H16BrN/c15-12-7-6-11-8-9-16(14(11)10-12)13-4-2-1-3-5-13/h6-10,13H,1-5H2. The maximum absolute atomic E-state index is 3.56. The Hall–Kier alpha value is -0.760. The normalized spacial score (nSPS) is 18.1. The molecule has 0 bridgehead atoms. The van der Waals surface area contributed by atoms with Crippen LogP contribution in [0.3, 0.4) is 0 Å². The molecule has 84 valence electrons. The van der Waals surface area contributed by atoms with Gasteiger partial charge in [0.15, 0.2) is 0 Å². The summed E-state index contributed by atoms with van der Waals surface area (Å²) in [5.41, 5.74) is 1.38. The first-order valence-corrected chi connectivity index (χ1v) is 6.90. The molecule has 0 amide bonds. The summed E-state index contributed by atoms with van der Waals surface area (Å²) < 4.78 is 3.65. The van der Waals surface area contributed by atoms with Crippen LogP contribution in [0.5, 0.6) is 0 Å². The molecule has 1 heterocycles. The molecule has 1 aliphatic carbocycles. The Balaban J connectivity index is 2.05. The first-order valence-electron chi connectivity index (χ1n) is 6.11. The van der Waals surface area contributed by atoms with Gasteiger partial charge in [-0.3, -0.25) is 0 Å². The third kappa shape index (κ3) is 1.80. The lowest BCUT2D eigenvalue weighted by Crippen LogP contribution is -2.11. The minimum atomic E-state index is 0.723. The van der Waals surface area contributed by atoms with Crippen molar-refractivity contribution in [3.05, 3.63) is 34.9 Å². The monoisotopic (exact) mass is 277 g/mol. The zero-order valence-electron chi connectivity index (χ0n) is 9.32. The van der Waals surface area contributed by atoms with Crippen molar-refractivity contribution in [3.8, 4) is 0 Å². The summed E-state index contributed by atoms with van der Waals surface area (Å²) in [4.78, 5) is 0. The summed E-state index contributed by atoms with van der Waals surface area (Å²) >= 11 is 3.56. The SMILES string of the molecule is Brc1ccc2ccn(C3CCCCC3)c2c1. The maximum Gasteiger partial charge on any atom is 0.0494 e. The van der Waals surface area contributed by atoms with E-state index in [1.165, 1.54) is 47.5 Å². The van der Waals surface area contributed by atoms with Crippen LogP contribution in [-0.4, -0.2) is 4.57 Å². The van der Waals surface area contributed by atoms with Crippen LogP contribution in [0.15, 0.2) is 34.9 Å². The van der Waals surface area contributed by atoms with Crippen LogP contribution < -0.4 is 0 Å². The number of benzene rings is 1. The third-order valence-electron chi connectivity index (χ3n) is 3.65. The third-order valence-corrected chi connectivity index (χ3v) is 4.15. The highest BCUT2D eigenvalue weighted by atomic mass is 79.9. The molecule has 0 N–H and O–H groups in total. The van der Waals surface area contributed by atoms with Crippen molar-refractivity contribution in [2.75, 3.05) is 0 Å². The zero-order valence-corrected chi connectivity index (χ0v) is 10.9. The lowest BCUT2D eigenvalue weighted by atomic mass is 9.95. The highest BCUT2D eigenvalue weighted by molar-refractivity contribution is 9.10. The number of rotatable bonds is 1. The predicted octanol–water partition coefficient (Wildman–Crippen LogP) is 4.91. The van der Waals surface area contributed by atoms with Gasteiger partial charge in [0.25, 0.3) is 0 Å². The maximum atomic E-state index is 3.56. The molecule has 1 nitrogen and oxygen atoms in total. The van der Waals surface area contributed by atoms with Crippen LogP contribution in [-0.2, 0) is 0 Å². The molecule has 0 aliphatic heterocycles. The van der Waals surface area contributed by atoms with Gasteiger partial charge in [-0.15, -0.1) is 0 Å². The molecule has 3 rings (SSSR count). The van der Waals surface area contributed by atoms with Crippen molar-refractivity contribution in [2.45, 2.75) is 38.1 Å². The molecule has 1 aromatic heterocycles. The van der Waals surface area contributed by atoms with Gasteiger partial charge in [0.2, 0.25) is 0 Å². The van der Waals surface area contributed by atoms with E-state index in [0.717, 1.165) is 6.04 Å². The van der Waals surface area contributed by atoms with E-state index < -0.39 is 0 Å². The molecule has 1 saturated carbocycles. The molecule has 1 aromatic carbocycles. The number of nitrogens with zero attached hydrogens (tertiary/aromatic N) is 1. The Morgan fingerprint density at radius 3 is 2.69 bits per heavy atom. The minimum absolute atomic E-state index is 0.723. The highest BCUT2D eigenvalue weighted by Gasteiger charge is 2.16. The van der Waals surface area contributed by atoms with Gasteiger partial charge in [0.05, 0.1) is 0 Å². The molecule has 0 radical (unpaired) electrons. The second kappa shape index (κ2) is 4.25. The fourth-order valence-electron chi connectivity index (χ4n) is 2.80. The number of aromatic nitrogens is 1. The quantitative estimate of drug-likeness (QED) is 0.698. The van der Waals surface area contributed by atoms with Gasteiger partial charge in [0.1, 0.15) is 0 Å². The van der Waals surface area contributed by atoms with Crippen molar-refractivity contribution in [2.24, 2.45) is 0 Å². The second-order valence-electron chi connectivity index (χ2n) is 4.72. The van der Waals surface area contributed by atoms with E-state index in [2.05, 4.69) is 51.0 Å². The Kier molecular flexibility index (Phi) is 2.76. The molecule has 16 heavy (non-hydrogen) atoms. The lowest BCUT2D eigenvalue weighted by molar-refractivity contribution is 0.361. The van der Waals surface area contributed by atoms with Crippen molar-refractivity contribution in [1.82, 2.24) is 4.57 Å². The van der Waals surface area contributed by atoms with E-state index in [-0.39, 0.29) is 0 Å². The van der Waals surface area contributed by atoms with E-state index in [1.807, 2.05) is 0 Å². The summed E-state index contributed by atoms with van der Waals surface area (Å²) in [6.45, 7) is 0. The zero-order chi connectivity index (χ0) is 11.0. The van der Waals surface area contributed by atoms with Gasteiger partial charge < -0.3 is 4.57 Å². The summed E-state index contributed by atoms with van der Waals surface area (Å²) in [5, 5.41) is 1.36. The molecule has 0 spiro atoms. The molecular formula is C14H16BrN. The van der Waals surface area contributed by atoms with Gasteiger partial charge in [-0.2, -0.15) is 0 Å². The summed E-state index contributed by atoms with van der Waals surface area (Å²) in [5.74, 6) is 0. The minimum Gasteiger partial charge on any atom is -0.344 e. The average molecular weight is 278 g/mol. The summed E-state index contributed by atoms with van der Waals surface area (Å²) in [7, 11) is 0. The molecular weight excluding hydrogens is 262 g/mol. The lowest BCUT2D eigenvalue weighted by Gasteiger charge is -2.24. The predicted molar refractivity (Wildman–Crippen MR) is 71.8 cm³/mol. The van der Waals surface area contributed by atoms with Crippen molar-refractivity contribution >= 4 is 26.8 Å². The Morgan fingerprint density at radius 2 is 1.88 bits per heavy atom. The van der Waals surface area contributed by atoms with Gasteiger partial charge in [0, 0.05) is 22.2 Å². The van der Waals surface area contributed by atoms with E-state index >= 15 is 0 Å². The number of hydrogen-bond acceptors (Lipinski definition) is 0. The molecule has 1 aliphatic rings. The molecule has 2 aromatic rings. The number of halogens is 1. The van der Waals surface area contributed by atoms with E-state index in [9.17, 15) is 0 Å². The van der Waals surface area contributed by atoms with Crippen molar-refractivity contribution in [1.29, 1.82) is 0 Å². The Labute approximate surface area is 105 Å². The van der Waals surface area contributed by atoms with Crippen LogP contribution in [0.4, 0.5) is 0 Å². The highest BCUT2D eigenvalue weighted by Crippen LogP contribution is 2.32. The molecule has 0 unspecified atom stereocenters. The molecule has 1 fully saturated rings. The largest absolute Gasteiger partial charge is 0.344 e. The van der Waals surface area contributed by atoms with Crippen LogP contribution in [0.25, 0.3) is 10.9 Å². The van der Waals surface area contributed by atoms with Crippen LogP contribution >= 0.6 is 15.9 Å². The van der Waals surface area contributed by atoms with Crippen LogP contribution in [0, 0.1) is 0 Å². The Bertz CT molecular complexity index is 494. The number of hydrogen-bond donors (Lipinski definition) is 0. The van der Waals surface area contributed by atoms with Crippen LogP contribution in [0.2, 0.25) is 0 Å². The molecule has 0 atom stereocenters. The van der Waals surface area contributed by atoms with Gasteiger partial charge in [-0.25, -0.2) is 0 Å². The molecule has 0 saturated heterocycles. The van der Waals surface area contributed by atoms with E-state index in [4.69, 9.17) is 0 Å². The summed E-state index contributed by atoms with van der Waals surface area (Å²) in [6.07, 6.45) is 9.13. The van der Waals surface area contributed by atoms with E-state index in [0.29, 0.717) is 0 Å². The van der Waals surface area contributed by atoms with Crippen LogP contribution in [0.1, 0.15) is 38.1 Å².